The lowest BCUT2D eigenvalue weighted by molar-refractivity contribution is -0.121. The Morgan fingerprint density at radius 1 is 1.29 bits per heavy atom. The zero-order valence-electron chi connectivity index (χ0n) is 10.9. The van der Waals surface area contributed by atoms with Crippen molar-refractivity contribution in [2.45, 2.75) is 51.1 Å². The van der Waals surface area contributed by atoms with E-state index in [0.717, 1.165) is 39.0 Å². The molecule has 2 fully saturated rings. The lowest BCUT2D eigenvalue weighted by Gasteiger charge is -2.31. The van der Waals surface area contributed by atoms with Gasteiger partial charge >= 0.3 is 0 Å². The zero-order valence-corrected chi connectivity index (χ0v) is 10.9. The monoisotopic (exact) mass is 239 g/mol. The lowest BCUT2D eigenvalue weighted by atomic mass is 10.1. The van der Waals surface area contributed by atoms with Crippen LogP contribution in [0.5, 0.6) is 0 Å². The van der Waals surface area contributed by atoms with Gasteiger partial charge in [-0.1, -0.05) is 6.92 Å². The maximum absolute atomic E-state index is 11.6. The van der Waals surface area contributed by atoms with Crippen LogP contribution in [0, 0.1) is 0 Å². The molecular formula is C13H25N3O. The van der Waals surface area contributed by atoms with E-state index in [1.54, 1.807) is 0 Å². The van der Waals surface area contributed by atoms with E-state index in [1.165, 1.54) is 12.8 Å². The van der Waals surface area contributed by atoms with Crippen molar-refractivity contribution in [1.29, 1.82) is 0 Å². The van der Waals surface area contributed by atoms with Gasteiger partial charge in [0.05, 0.1) is 0 Å². The summed E-state index contributed by atoms with van der Waals surface area (Å²) in [5, 5.41) is 6.51. The van der Waals surface area contributed by atoms with Crippen LogP contribution in [0.15, 0.2) is 0 Å². The van der Waals surface area contributed by atoms with Gasteiger partial charge in [0.1, 0.15) is 0 Å². The number of nitrogens with zero attached hydrogens (tertiary/aromatic N) is 1. The Bertz CT molecular complexity index is 251. The fraction of sp³-hybridized carbons (Fsp3) is 0.923. The molecule has 0 saturated carbocycles. The van der Waals surface area contributed by atoms with Crippen molar-refractivity contribution < 1.29 is 4.79 Å². The Morgan fingerprint density at radius 2 is 2.12 bits per heavy atom. The molecule has 0 aliphatic carbocycles. The van der Waals surface area contributed by atoms with Crippen LogP contribution < -0.4 is 10.6 Å². The molecule has 2 atom stereocenters. The molecule has 0 aromatic heterocycles. The number of nitrogens with one attached hydrogen (secondary N) is 2. The highest BCUT2D eigenvalue weighted by Crippen LogP contribution is 2.16. The quantitative estimate of drug-likeness (QED) is 0.760. The van der Waals surface area contributed by atoms with Crippen LogP contribution in [-0.4, -0.2) is 49.1 Å². The lowest BCUT2D eigenvalue weighted by Crippen LogP contribution is -2.44. The molecule has 0 aromatic carbocycles. The molecule has 2 heterocycles. The van der Waals surface area contributed by atoms with Gasteiger partial charge in [0, 0.05) is 31.6 Å². The predicted octanol–water partition coefficient (Wildman–Crippen LogP) is 0.729. The molecule has 0 bridgehead atoms. The molecule has 0 spiro atoms. The van der Waals surface area contributed by atoms with Gasteiger partial charge in [0.2, 0.25) is 5.91 Å². The van der Waals surface area contributed by atoms with Gasteiger partial charge in [0.15, 0.2) is 0 Å². The van der Waals surface area contributed by atoms with Crippen molar-refractivity contribution >= 4 is 5.91 Å². The Kier molecular flexibility index (Phi) is 4.80. The number of carbonyl (C=O) groups is 1. The highest BCUT2D eigenvalue weighted by atomic mass is 16.1. The van der Waals surface area contributed by atoms with Gasteiger partial charge in [-0.3, -0.25) is 9.69 Å². The minimum Gasteiger partial charge on any atom is -0.356 e. The Labute approximate surface area is 104 Å². The minimum atomic E-state index is 0.227. The summed E-state index contributed by atoms with van der Waals surface area (Å²) >= 11 is 0. The smallest absolute Gasteiger partial charge is 0.221 e. The summed E-state index contributed by atoms with van der Waals surface area (Å²) in [5.74, 6) is 0.227. The van der Waals surface area contributed by atoms with Crippen LogP contribution in [0.25, 0.3) is 0 Å². The van der Waals surface area contributed by atoms with E-state index in [9.17, 15) is 4.79 Å². The first-order valence-corrected chi connectivity index (χ1v) is 7.03. The molecule has 1 amide bonds. The third kappa shape index (κ3) is 3.68. The molecule has 2 saturated heterocycles. The first-order valence-electron chi connectivity index (χ1n) is 7.03. The first kappa shape index (κ1) is 12.8. The topological polar surface area (TPSA) is 44.4 Å². The second-order valence-electron chi connectivity index (χ2n) is 5.23. The third-order valence-corrected chi connectivity index (χ3v) is 4.00. The molecule has 2 aliphatic heterocycles. The number of rotatable bonds is 4. The van der Waals surface area contributed by atoms with E-state index in [-0.39, 0.29) is 5.91 Å². The molecule has 2 unspecified atom stereocenters. The Morgan fingerprint density at radius 3 is 2.82 bits per heavy atom. The number of likely N-dealkylation sites (N-methyl/N-ethyl adjacent to an activating group) is 1. The SMILES string of the molecule is CCN(CC1CCCN1)C1CCCNC(=O)C1. The van der Waals surface area contributed by atoms with Gasteiger partial charge in [-0.2, -0.15) is 0 Å². The standard InChI is InChI=1S/C13H25N3O/c1-2-16(10-11-5-3-7-14-11)12-6-4-8-15-13(17)9-12/h11-12,14H,2-10H2,1H3,(H,15,17). The van der Waals surface area contributed by atoms with E-state index in [4.69, 9.17) is 0 Å². The van der Waals surface area contributed by atoms with Gasteiger partial charge < -0.3 is 10.6 Å². The minimum absolute atomic E-state index is 0.227. The number of amides is 1. The van der Waals surface area contributed by atoms with E-state index in [0.29, 0.717) is 18.5 Å². The largest absolute Gasteiger partial charge is 0.356 e. The number of carbonyl (C=O) groups excluding carboxylic acids is 1. The second kappa shape index (κ2) is 6.36. The maximum atomic E-state index is 11.6. The van der Waals surface area contributed by atoms with Crippen LogP contribution in [0.2, 0.25) is 0 Å². The van der Waals surface area contributed by atoms with Crippen molar-refractivity contribution in [2.24, 2.45) is 0 Å². The highest BCUT2D eigenvalue weighted by Gasteiger charge is 2.25. The van der Waals surface area contributed by atoms with Gasteiger partial charge in [-0.05, 0) is 38.8 Å². The fourth-order valence-corrected chi connectivity index (χ4v) is 3.00. The Balaban J connectivity index is 1.88. The van der Waals surface area contributed by atoms with Crippen LogP contribution in [0.4, 0.5) is 0 Å². The van der Waals surface area contributed by atoms with Crippen LogP contribution in [0.1, 0.15) is 39.0 Å². The first-order chi connectivity index (χ1) is 8.29. The molecule has 2 aliphatic rings. The summed E-state index contributed by atoms with van der Waals surface area (Å²) < 4.78 is 0. The van der Waals surface area contributed by atoms with E-state index < -0.39 is 0 Å². The molecule has 17 heavy (non-hydrogen) atoms. The zero-order chi connectivity index (χ0) is 12.1. The van der Waals surface area contributed by atoms with E-state index >= 15 is 0 Å². The summed E-state index contributed by atoms with van der Waals surface area (Å²) in [5.41, 5.74) is 0. The molecular weight excluding hydrogens is 214 g/mol. The van der Waals surface area contributed by atoms with Crippen LogP contribution in [-0.2, 0) is 4.79 Å². The summed E-state index contributed by atoms with van der Waals surface area (Å²) in [6.45, 7) is 6.38. The average molecular weight is 239 g/mol. The van der Waals surface area contributed by atoms with Crippen molar-refractivity contribution in [1.82, 2.24) is 15.5 Å². The van der Waals surface area contributed by atoms with Gasteiger partial charge in [0.25, 0.3) is 0 Å². The molecule has 2 N–H and O–H groups in total. The molecule has 2 rings (SSSR count). The van der Waals surface area contributed by atoms with Crippen LogP contribution >= 0.6 is 0 Å². The van der Waals surface area contributed by atoms with Crippen molar-refractivity contribution in [3.63, 3.8) is 0 Å². The molecule has 4 heteroatoms. The predicted molar refractivity (Wildman–Crippen MR) is 68.9 cm³/mol. The van der Waals surface area contributed by atoms with Gasteiger partial charge in [-0.25, -0.2) is 0 Å². The second-order valence-corrected chi connectivity index (χ2v) is 5.23. The van der Waals surface area contributed by atoms with E-state index in [1.807, 2.05) is 0 Å². The molecule has 98 valence electrons. The molecule has 0 aromatic rings. The highest BCUT2D eigenvalue weighted by molar-refractivity contribution is 5.76. The summed E-state index contributed by atoms with van der Waals surface area (Å²) in [4.78, 5) is 14.1. The Hall–Kier alpha value is -0.610. The van der Waals surface area contributed by atoms with Crippen molar-refractivity contribution in [2.75, 3.05) is 26.2 Å². The van der Waals surface area contributed by atoms with E-state index in [2.05, 4.69) is 22.5 Å². The van der Waals surface area contributed by atoms with Crippen LogP contribution in [0.3, 0.4) is 0 Å². The van der Waals surface area contributed by atoms with Crippen molar-refractivity contribution in [3.8, 4) is 0 Å². The summed E-state index contributed by atoms with van der Waals surface area (Å²) in [6, 6.07) is 1.09. The number of hydrogen-bond donors (Lipinski definition) is 2. The maximum Gasteiger partial charge on any atom is 0.221 e. The van der Waals surface area contributed by atoms with Gasteiger partial charge in [-0.15, -0.1) is 0 Å². The molecule has 4 nitrogen and oxygen atoms in total. The third-order valence-electron chi connectivity index (χ3n) is 4.00. The summed E-state index contributed by atoms with van der Waals surface area (Å²) in [7, 11) is 0. The molecule has 0 radical (unpaired) electrons. The number of hydrogen-bond acceptors (Lipinski definition) is 3. The normalized spacial score (nSPS) is 30.4. The van der Waals surface area contributed by atoms with Crippen molar-refractivity contribution in [3.05, 3.63) is 0 Å². The fourth-order valence-electron chi connectivity index (χ4n) is 3.00. The average Bonchev–Trinajstić information content (AvgIpc) is 2.74. The summed E-state index contributed by atoms with van der Waals surface area (Å²) in [6.07, 6.45) is 5.54.